The van der Waals surface area contributed by atoms with Crippen LogP contribution in [0, 0.1) is 0 Å². The molecule has 0 N–H and O–H groups in total. The van der Waals surface area contributed by atoms with Gasteiger partial charge < -0.3 is 9.47 Å². The van der Waals surface area contributed by atoms with Crippen molar-refractivity contribution < 1.29 is 0 Å². The molecule has 0 unspecified atom stereocenters. The monoisotopic (exact) mass is 920 g/mol. The molecule has 334 valence electrons. The molecule has 2 nitrogen and oxygen atoms in total. The molecule has 3 heteroatoms. The second kappa shape index (κ2) is 17.8. The number of rotatable bonds is 10. The number of hydrogen-bond donors (Lipinski definition) is 0. The molecule has 0 aliphatic rings. The highest BCUT2D eigenvalue weighted by molar-refractivity contribution is 7.19. The second-order valence-corrected chi connectivity index (χ2v) is 22.2. The zero-order chi connectivity index (χ0) is 47.1. The molecular weight excluding hydrogens is 873 g/mol. The number of fused-ring (bicyclic) bond motifs is 6. The maximum Gasteiger partial charge on any atom is 0.179 e. The molecule has 0 aliphatic carbocycles. The molecule has 1 heterocycles. The lowest BCUT2D eigenvalue weighted by Gasteiger charge is -2.35. The smallest absolute Gasteiger partial charge is 0.179 e. The van der Waals surface area contributed by atoms with Gasteiger partial charge in [-0.05, 0) is 131 Å². The molecule has 0 saturated carbocycles. The second-order valence-electron chi connectivity index (χ2n) is 18.4. The van der Waals surface area contributed by atoms with Crippen molar-refractivity contribution >= 4 is 89.2 Å². The average molecular weight is 921 g/mol. The molecule has 13 aromatic rings. The van der Waals surface area contributed by atoms with Crippen molar-refractivity contribution in [3.05, 3.63) is 291 Å². The van der Waals surface area contributed by atoms with Crippen molar-refractivity contribution in [3.8, 4) is 27.9 Å². The number of hydrogen-bond acceptors (Lipinski definition) is 1. The van der Waals surface area contributed by atoms with Gasteiger partial charge in [-0.2, -0.15) is 0 Å². The Morgan fingerprint density at radius 3 is 1.44 bits per heavy atom. The molecule has 0 radical (unpaired) electrons. The van der Waals surface area contributed by atoms with Crippen LogP contribution in [0.25, 0.3) is 71.3 Å². The molecule has 0 atom stereocenters. The molecule has 0 saturated heterocycles. The van der Waals surface area contributed by atoms with Crippen LogP contribution in [0.4, 0.5) is 17.1 Å². The topological polar surface area (TPSA) is 8.17 Å². The van der Waals surface area contributed by atoms with Crippen LogP contribution >= 0.6 is 0 Å². The number of aromatic nitrogens is 1. The quantitative estimate of drug-likeness (QED) is 0.0754. The highest BCUT2D eigenvalue weighted by atomic mass is 28.3. The van der Waals surface area contributed by atoms with Gasteiger partial charge in [0.2, 0.25) is 0 Å². The van der Waals surface area contributed by atoms with Crippen molar-refractivity contribution in [2.75, 3.05) is 4.90 Å². The molecule has 0 aliphatic heterocycles. The van der Waals surface area contributed by atoms with Crippen molar-refractivity contribution in [2.45, 2.75) is 0 Å². The fraction of sp³-hybridized carbons (Fsp3) is 0. The summed E-state index contributed by atoms with van der Waals surface area (Å²) in [5, 5.41) is 12.9. The highest BCUT2D eigenvalue weighted by Crippen LogP contribution is 2.42. The summed E-state index contributed by atoms with van der Waals surface area (Å²) >= 11 is 0. The van der Waals surface area contributed by atoms with Gasteiger partial charge in [-0.3, -0.25) is 0 Å². The van der Waals surface area contributed by atoms with Gasteiger partial charge in [0.25, 0.3) is 0 Å². The minimum atomic E-state index is -2.74. The van der Waals surface area contributed by atoms with E-state index in [9.17, 15) is 0 Å². The molecule has 0 fully saturated rings. The fourth-order valence-corrected chi connectivity index (χ4v) is 16.0. The third-order valence-corrected chi connectivity index (χ3v) is 19.3. The highest BCUT2D eigenvalue weighted by Gasteiger charge is 2.41. The first-order valence-electron chi connectivity index (χ1n) is 24.5. The molecule has 0 amide bonds. The summed E-state index contributed by atoms with van der Waals surface area (Å²) in [5.41, 5.74) is 11.5. The largest absolute Gasteiger partial charge is 0.310 e. The third kappa shape index (κ3) is 7.26. The Morgan fingerprint density at radius 1 is 0.282 bits per heavy atom. The van der Waals surface area contributed by atoms with Gasteiger partial charge in [-0.25, -0.2) is 0 Å². The SMILES string of the molecule is c1ccc(-n2c3ccccc3c3c(-c4cccc(N(c5ccc(-c6ccc7ccc8ccccc8c7c6)cc5)c5ccc([Si](c6ccccc6)(c6ccccc6)c6ccccc6)cc5)c4)cccc32)cc1. The number of benzene rings is 12. The maximum absolute atomic E-state index is 2.74. The van der Waals surface area contributed by atoms with E-state index in [0.29, 0.717) is 0 Å². The van der Waals surface area contributed by atoms with Crippen molar-refractivity contribution in [1.82, 2.24) is 4.57 Å². The van der Waals surface area contributed by atoms with Crippen LogP contribution in [0.2, 0.25) is 0 Å². The standard InChI is InChI=1S/C68H48N2Si/c1-5-21-54(22-6-1)70-66-33-16-15-31-64(66)68-63(32-18-34-67(68)70)53-20-17-23-57(47-53)69(55-41-39-49(40-42-55)52-38-37-51-36-35-50-19-13-14-30-62(50)65(51)48-52)56-43-45-61(46-44-56)71(58-24-7-2-8-25-58,59-26-9-3-10-27-59)60-28-11-4-12-29-60/h1-48H. The lowest BCUT2D eigenvalue weighted by Crippen LogP contribution is -2.74. The van der Waals surface area contributed by atoms with Gasteiger partial charge >= 0.3 is 0 Å². The Bertz CT molecular complexity index is 3920. The zero-order valence-electron chi connectivity index (χ0n) is 39.1. The fourth-order valence-electron chi connectivity index (χ4n) is 11.3. The van der Waals surface area contributed by atoms with Gasteiger partial charge in [-0.15, -0.1) is 0 Å². The normalized spacial score (nSPS) is 11.7. The van der Waals surface area contributed by atoms with E-state index in [1.165, 1.54) is 80.8 Å². The van der Waals surface area contributed by atoms with Gasteiger partial charge in [0.15, 0.2) is 8.07 Å². The van der Waals surface area contributed by atoms with E-state index in [1.54, 1.807) is 0 Å². The van der Waals surface area contributed by atoms with Crippen molar-refractivity contribution in [1.29, 1.82) is 0 Å². The lowest BCUT2D eigenvalue weighted by atomic mass is 9.97. The molecule has 0 bridgehead atoms. The molecule has 0 spiro atoms. The minimum Gasteiger partial charge on any atom is -0.310 e. The molecular formula is C68H48N2Si. The molecule has 12 aromatic carbocycles. The first-order chi connectivity index (χ1) is 35.2. The third-order valence-electron chi connectivity index (χ3n) is 14.5. The van der Waals surface area contributed by atoms with Crippen LogP contribution in [-0.2, 0) is 0 Å². The van der Waals surface area contributed by atoms with Crippen molar-refractivity contribution in [2.24, 2.45) is 0 Å². The van der Waals surface area contributed by atoms with Gasteiger partial charge in [0, 0.05) is 33.5 Å². The first kappa shape index (κ1) is 42.1. The predicted octanol–water partition coefficient (Wildman–Crippen LogP) is 15.3. The first-order valence-corrected chi connectivity index (χ1v) is 26.5. The summed E-state index contributed by atoms with van der Waals surface area (Å²) in [5.74, 6) is 0. The summed E-state index contributed by atoms with van der Waals surface area (Å²) in [4.78, 5) is 2.43. The van der Waals surface area contributed by atoms with E-state index in [2.05, 4.69) is 301 Å². The van der Waals surface area contributed by atoms with Gasteiger partial charge in [0.05, 0.1) is 11.0 Å². The summed E-state index contributed by atoms with van der Waals surface area (Å²) in [6.07, 6.45) is 0. The Hall–Kier alpha value is -9.02. The van der Waals surface area contributed by atoms with Crippen molar-refractivity contribution in [3.63, 3.8) is 0 Å². The molecule has 1 aromatic heterocycles. The summed E-state index contributed by atoms with van der Waals surface area (Å²) in [7, 11) is -2.74. The van der Waals surface area contributed by atoms with Crippen LogP contribution in [0.3, 0.4) is 0 Å². The summed E-state index contributed by atoms with van der Waals surface area (Å²) in [6, 6.07) is 107. The molecule has 13 rings (SSSR count). The van der Waals surface area contributed by atoms with Crippen LogP contribution < -0.4 is 25.6 Å². The Kier molecular flexibility index (Phi) is 10.6. The van der Waals surface area contributed by atoms with E-state index in [-0.39, 0.29) is 0 Å². The summed E-state index contributed by atoms with van der Waals surface area (Å²) < 4.78 is 2.40. The number of anilines is 3. The zero-order valence-corrected chi connectivity index (χ0v) is 40.1. The average Bonchev–Trinajstić information content (AvgIpc) is 3.80. The van der Waals surface area contributed by atoms with Crippen LogP contribution in [0.5, 0.6) is 0 Å². The van der Waals surface area contributed by atoms with E-state index in [4.69, 9.17) is 0 Å². The Morgan fingerprint density at radius 2 is 0.775 bits per heavy atom. The van der Waals surface area contributed by atoms with E-state index >= 15 is 0 Å². The molecule has 71 heavy (non-hydrogen) atoms. The van der Waals surface area contributed by atoms with E-state index in [1.807, 2.05) is 0 Å². The Balaban J connectivity index is 0.978. The van der Waals surface area contributed by atoms with Gasteiger partial charge in [-0.1, -0.05) is 224 Å². The van der Waals surface area contributed by atoms with E-state index in [0.717, 1.165) is 28.3 Å². The number of nitrogens with zero attached hydrogens (tertiary/aromatic N) is 2. The van der Waals surface area contributed by atoms with E-state index < -0.39 is 8.07 Å². The minimum absolute atomic E-state index is 1.08. The lowest BCUT2D eigenvalue weighted by molar-refractivity contribution is 1.18. The summed E-state index contributed by atoms with van der Waals surface area (Å²) in [6.45, 7) is 0. The number of para-hydroxylation sites is 2. The van der Waals surface area contributed by atoms with Crippen LogP contribution in [0.1, 0.15) is 0 Å². The van der Waals surface area contributed by atoms with Crippen LogP contribution in [-0.4, -0.2) is 12.6 Å². The Labute approximate surface area is 415 Å². The van der Waals surface area contributed by atoms with Crippen LogP contribution in [0.15, 0.2) is 291 Å². The predicted molar refractivity (Wildman–Crippen MR) is 305 cm³/mol. The maximum atomic E-state index is 2.43. The van der Waals surface area contributed by atoms with Gasteiger partial charge in [0.1, 0.15) is 0 Å².